The van der Waals surface area contributed by atoms with Crippen LogP contribution in [0.15, 0.2) is 17.5 Å². The minimum Gasteiger partial charge on any atom is -0.311 e. The summed E-state index contributed by atoms with van der Waals surface area (Å²) in [7, 11) is 0. The Morgan fingerprint density at radius 2 is 2.16 bits per heavy atom. The third-order valence-electron chi connectivity index (χ3n) is 4.33. The van der Waals surface area contributed by atoms with Crippen LogP contribution in [0.5, 0.6) is 0 Å². The molecule has 1 aliphatic heterocycles. The van der Waals surface area contributed by atoms with Crippen LogP contribution in [-0.4, -0.2) is 30.1 Å². The van der Waals surface area contributed by atoms with E-state index in [1.165, 1.54) is 24.3 Å². The van der Waals surface area contributed by atoms with Gasteiger partial charge in [-0.25, -0.2) is 0 Å². The second-order valence-electron chi connectivity index (χ2n) is 5.98. The van der Waals surface area contributed by atoms with Crippen molar-refractivity contribution in [1.29, 1.82) is 0 Å². The summed E-state index contributed by atoms with van der Waals surface area (Å²) in [5, 5.41) is 5.91. The number of rotatable bonds is 5. The lowest BCUT2D eigenvalue weighted by atomic mass is 9.95. The molecule has 0 spiro atoms. The lowest BCUT2D eigenvalue weighted by Crippen LogP contribution is -2.57. The SMILES string of the molecule is CCC1CN(C(c2cccs2)C(C)C)C(CC)CN1. The first-order valence-electron chi connectivity index (χ1n) is 7.69. The quantitative estimate of drug-likeness (QED) is 0.880. The van der Waals surface area contributed by atoms with Crippen LogP contribution in [0, 0.1) is 5.92 Å². The Bertz CT molecular complexity index is 361. The Morgan fingerprint density at radius 3 is 2.68 bits per heavy atom. The largest absolute Gasteiger partial charge is 0.311 e. The summed E-state index contributed by atoms with van der Waals surface area (Å²) in [6, 6.07) is 6.42. The number of thiophene rings is 1. The molecule has 0 radical (unpaired) electrons. The number of piperazine rings is 1. The highest BCUT2D eigenvalue weighted by molar-refractivity contribution is 7.10. The minimum atomic E-state index is 0.584. The molecular formula is C16H28N2S. The van der Waals surface area contributed by atoms with Crippen molar-refractivity contribution in [3.63, 3.8) is 0 Å². The number of nitrogens with zero attached hydrogens (tertiary/aromatic N) is 1. The summed E-state index contributed by atoms with van der Waals surface area (Å²) in [6.07, 6.45) is 2.46. The number of hydrogen-bond acceptors (Lipinski definition) is 3. The lowest BCUT2D eigenvalue weighted by molar-refractivity contribution is 0.0563. The predicted molar refractivity (Wildman–Crippen MR) is 84.8 cm³/mol. The molecule has 1 saturated heterocycles. The summed E-state index contributed by atoms with van der Waals surface area (Å²) in [6.45, 7) is 11.7. The zero-order valence-corrected chi connectivity index (χ0v) is 13.5. The van der Waals surface area contributed by atoms with Gasteiger partial charge in [-0.15, -0.1) is 11.3 Å². The Balaban J connectivity index is 2.22. The molecular weight excluding hydrogens is 252 g/mol. The molecule has 2 nitrogen and oxygen atoms in total. The van der Waals surface area contributed by atoms with Crippen molar-refractivity contribution in [3.8, 4) is 0 Å². The van der Waals surface area contributed by atoms with Gasteiger partial charge in [-0.2, -0.15) is 0 Å². The van der Waals surface area contributed by atoms with Crippen LogP contribution in [-0.2, 0) is 0 Å². The zero-order valence-electron chi connectivity index (χ0n) is 12.7. The van der Waals surface area contributed by atoms with Gasteiger partial charge < -0.3 is 5.32 Å². The second-order valence-corrected chi connectivity index (χ2v) is 6.96. The number of hydrogen-bond donors (Lipinski definition) is 1. The van der Waals surface area contributed by atoms with Crippen molar-refractivity contribution in [3.05, 3.63) is 22.4 Å². The fourth-order valence-corrected chi connectivity index (χ4v) is 4.23. The summed E-state index contributed by atoms with van der Waals surface area (Å²) in [4.78, 5) is 4.30. The van der Waals surface area contributed by atoms with Crippen LogP contribution in [0.1, 0.15) is 51.5 Å². The van der Waals surface area contributed by atoms with Gasteiger partial charge in [0.05, 0.1) is 0 Å². The molecule has 1 N–H and O–H groups in total. The van der Waals surface area contributed by atoms with E-state index in [9.17, 15) is 0 Å². The van der Waals surface area contributed by atoms with Crippen molar-refractivity contribution in [1.82, 2.24) is 10.2 Å². The molecule has 1 aliphatic rings. The van der Waals surface area contributed by atoms with Gasteiger partial charge >= 0.3 is 0 Å². The van der Waals surface area contributed by atoms with Gasteiger partial charge in [0.25, 0.3) is 0 Å². The fourth-order valence-electron chi connectivity index (χ4n) is 3.22. The maximum Gasteiger partial charge on any atom is 0.0468 e. The summed E-state index contributed by atoms with van der Waals surface area (Å²) in [5.41, 5.74) is 0. The van der Waals surface area contributed by atoms with Crippen LogP contribution in [0.25, 0.3) is 0 Å². The van der Waals surface area contributed by atoms with Gasteiger partial charge in [0, 0.05) is 36.1 Å². The number of nitrogens with one attached hydrogen (secondary N) is 1. The average Bonchev–Trinajstić information content (AvgIpc) is 2.92. The van der Waals surface area contributed by atoms with Gasteiger partial charge in [-0.3, -0.25) is 4.90 Å². The van der Waals surface area contributed by atoms with Crippen LogP contribution >= 0.6 is 11.3 Å². The predicted octanol–water partition coefficient (Wildman–Crippen LogP) is 3.91. The van der Waals surface area contributed by atoms with Crippen LogP contribution < -0.4 is 5.32 Å². The molecule has 3 heteroatoms. The maximum absolute atomic E-state index is 3.70. The first kappa shape index (κ1) is 15.0. The molecule has 0 aliphatic carbocycles. The van der Waals surface area contributed by atoms with Gasteiger partial charge in [0.1, 0.15) is 0 Å². The molecule has 2 heterocycles. The molecule has 0 bridgehead atoms. The summed E-state index contributed by atoms with van der Waals surface area (Å²) in [5.74, 6) is 0.670. The lowest BCUT2D eigenvalue weighted by Gasteiger charge is -2.45. The highest BCUT2D eigenvalue weighted by Gasteiger charge is 2.33. The molecule has 0 amide bonds. The first-order valence-corrected chi connectivity index (χ1v) is 8.57. The molecule has 19 heavy (non-hydrogen) atoms. The molecule has 3 unspecified atom stereocenters. The van der Waals surface area contributed by atoms with E-state index in [0.717, 1.165) is 6.54 Å². The Kier molecular flexibility index (Phi) is 5.43. The smallest absolute Gasteiger partial charge is 0.0468 e. The third-order valence-corrected chi connectivity index (χ3v) is 5.27. The fraction of sp³-hybridized carbons (Fsp3) is 0.750. The van der Waals surface area contributed by atoms with E-state index in [4.69, 9.17) is 0 Å². The highest BCUT2D eigenvalue weighted by atomic mass is 32.1. The van der Waals surface area contributed by atoms with Crippen molar-refractivity contribution >= 4 is 11.3 Å². The van der Waals surface area contributed by atoms with E-state index in [1.807, 2.05) is 11.3 Å². The van der Waals surface area contributed by atoms with Crippen LogP contribution in [0.4, 0.5) is 0 Å². The molecule has 108 valence electrons. The molecule has 0 saturated carbocycles. The monoisotopic (exact) mass is 280 g/mol. The summed E-state index contributed by atoms with van der Waals surface area (Å²) < 4.78 is 0. The molecule has 2 rings (SSSR count). The second kappa shape index (κ2) is 6.87. The molecule has 0 aromatic carbocycles. The van der Waals surface area contributed by atoms with E-state index in [1.54, 1.807) is 0 Å². The van der Waals surface area contributed by atoms with Crippen molar-refractivity contribution in [2.75, 3.05) is 13.1 Å². The van der Waals surface area contributed by atoms with E-state index in [2.05, 4.69) is 55.4 Å². The average molecular weight is 280 g/mol. The van der Waals surface area contributed by atoms with E-state index in [-0.39, 0.29) is 0 Å². The normalized spacial score (nSPS) is 26.8. The standard InChI is InChI=1S/C16H28N2S/c1-5-13-11-18(14(6-2)10-17-13)16(12(3)4)15-8-7-9-19-15/h7-9,12-14,16-17H,5-6,10-11H2,1-4H3. The topological polar surface area (TPSA) is 15.3 Å². The van der Waals surface area contributed by atoms with Crippen LogP contribution in [0.3, 0.4) is 0 Å². The van der Waals surface area contributed by atoms with Gasteiger partial charge in [-0.05, 0) is 30.2 Å². The molecule has 1 fully saturated rings. The van der Waals surface area contributed by atoms with Crippen molar-refractivity contribution in [2.24, 2.45) is 5.92 Å². The highest BCUT2D eigenvalue weighted by Crippen LogP contribution is 2.35. The first-order chi connectivity index (χ1) is 9.17. The minimum absolute atomic E-state index is 0.584. The maximum atomic E-state index is 3.70. The molecule has 1 aromatic rings. The van der Waals surface area contributed by atoms with Gasteiger partial charge in [0.15, 0.2) is 0 Å². The van der Waals surface area contributed by atoms with E-state index >= 15 is 0 Å². The summed E-state index contributed by atoms with van der Waals surface area (Å²) >= 11 is 1.91. The van der Waals surface area contributed by atoms with Gasteiger partial charge in [-0.1, -0.05) is 33.8 Å². The Hall–Kier alpha value is -0.380. The third kappa shape index (κ3) is 3.39. The van der Waals surface area contributed by atoms with Crippen molar-refractivity contribution in [2.45, 2.75) is 58.7 Å². The molecule has 1 aromatic heterocycles. The Morgan fingerprint density at radius 1 is 1.37 bits per heavy atom. The van der Waals surface area contributed by atoms with Gasteiger partial charge in [0.2, 0.25) is 0 Å². The van der Waals surface area contributed by atoms with E-state index < -0.39 is 0 Å². The van der Waals surface area contributed by atoms with E-state index in [0.29, 0.717) is 24.0 Å². The zero-order chi connectivity index (χ0) is 13.8. The van der Waals surface area contributed by atoms with Crippen LogP contribution in [0.2, 0.25) is 0 Å². The Labute approximate surface area is 122 Å². The van der Waals surface area contributed by atoms with Crippen molar-refractivity contribution < 1.29 is 0 Å². The molecule has 3 atom stereocenters.